The minimum absolute atomic E-state index is 0.167. The molecule has 2 rings (SSSR count). The smallest absolute Gasteiger partial charge is 0.0815 e. The van der Waals surface area contributed by atoms with E-state index in [1.807, 2.05) is 0 Å². The van der Waals surface area contributed by atoms with Gasteiger partial charge in [0.2, 0.25) is 0 Å². The molecule has 1 heterocycles. The first-order valence-electron chi connectivity index (χ1n) is 6.41. The Kier molecular flexibility index (Phi) is 4.19. The van der Waals surface area contributed by atoms with Gasteiger partial charge in [0.15, 0.2) is 0 Å². The van der Waals surface area contributed by atoms with E-state index in [-0.39, 0.29) is 12.1 Å². The zero-order valence-corrected chi connectivity index (χ0v) is 9.82. The number of aliphatic hydroxyl groups excluding tert-OH is 1. The predicted molar refractivity (Wildman–Crippen MR) is 61.3 cm³/mol. The molecular formula is C12H23NO3. The Morgan fingerprint density at radius 3 is 2.56 bits per heavy atom. The summed E-state index contributed by atoms with van der Waals surface area (Å²) < 4.78 is 5.24. The van der Waals surface area contributed by atoms with Gasteiger partial charge in [-0.3, -0.25) is 0 Å². The average Bonchev–Trinajstić information content (AvgIpc) is 2.29. The van der Waals surface area contributed by atoms with Gasteiger partial charge in [0.25, 0.3) is 0 Å². The van der Waals surface area contributed by atoms with Gasteiger partial charge < -0.3 is 20.3 Å². The zero-order valence-electron chi connectivity index (χ0n) is 9.82. The topological polar surface area (TPSA) is 61.7 Å². The summed E-state index contributed by atoms with van der Waals surface area (Å²) in [6.45, 7) is 1.87. The van der Waals surface area contributed by atoms with Gasteiger partial charge in [-0.25, -0.2) is 0 Å². The van der Waals surface area contributed by atoms with Gasteiger partial charge in [0, 0.05) is 38.6 Å². The van der Waals surface area contributed by atoms with Crippen LogP contribution in [0, 0.1) is 0 Å². The second-order valence-corrected chi connectivity index (χ2v) is 5.18. The van der Waals surface area contributed by atoms with Crippen LogP contribution in [-0.2, 0) is 4.74 Å². The van der Waals surface area contributed by atoms with Crippen LogP contribution in [0.25, 0.3) is 0 Å². The van der Waals surface area contributed by atoms with E-state index in [0.29, 0.717) is 32.6 Å². The van der Waals surface area contributed by atoms with E-state index < -0.39 is 5.60 Å². The number of aliphatic hydroxyl groups is 2. The second-order valence-electron chi connectivity index (χ2n) is 5.18. The maximum Gasteiger partial charge on any atom is 0.0815 e. The lowest BCUT2D eigenvalue weighted by atomic mass is 9.90. The summed E-state index contributed by atoms with van der Waals surface area (Å²) in [5.74, 6) is 0. The van der Waals surface area contributed by atoms with Crippen molar-refractivity contribution in [3.8, 4) is 0 Å². The molecule has 0 unspecified atom stereocenters. The van der Waals surface area contributed by atoms with Crippen LogP contribution in [0.5, 0.6) is 0 Å². The lowest BCUT2D eigenvalue weighted by Gasteiger charge is -2.36. The van der Waals surface area contributed by atoms with Crippen LogP contribution in [0.15, 0.2) is 0 Å². The SMILES string of the molecule is O[C@@H]1CCCC[C@H]1NCC1(O)CCOCC1. The molecule has 0 spiro atoms. The fourth-order valence-electron chi connectivity index (χ4n) is 2.60. The van der Waals surface area contributed by atoms with E-state index in [2.05, 4.69) is 5.32 Å². The van der Waals surface area contributed by atoms with Crippen molar-refractivity contribution in [3.63, 3.8) is 0 Å². The molecule has 16 heavy (non-hydrogen) atoms. The third-order valence-electron chi connectivity index (χ3n) is 3.85. The van der Waals surface area contributed by atoms with E-state index in [4.69, 9.17) is 4.74 Å². The van der Waals surface area contributed by atoms with Gasteiger partial charge in [-0.15, -0.1) is 0 Å². The van der Waals surface area contributed by atoms with Crippen LogP contribution in [-0.4, -0.2) is 47.7 Å². The summed E-state index contributed by atoms with van der Waals surface area (Å²) in [7, 11) is 0. The normalized spacial score (nSPS) is 34.9. The summed E-state index contributed by atoms with van der Waals surface area (Å²) >= 11 is 0. The van der Waals surface area contributed by atoms with Gasteiger partial charge in [-0.2, -0.15) is 0 Å². The molecule has 94 valence electrons. The molecule has 1 saturated heterocycles. The van der Waals surface area contributed by atoms with E-state index in [9.17, 15) is 10.2 Å². The Balaban J connectivity index is 1.76. The lowest BCUT2D eigenvalue weighted by molar-refractivity contribution is -0.0655. The molecule has 2 atom stereocenters. The molecule has 1 aliphatic carbocycles. The standard InChI is InChI=1S/C12H23NO3/c14-11-4-2-1-3-10(11)13-9-12(15)5-7-16-8-6-12/h10-11,13-15H,1-9H2/t10-,11-/m1/s1. The van der Waals surface area contributed by atoms with Crippen molar-refractivity contribution in [2.45, 2.75) is 56.3 Å². The Morgan fingerprint density at radius 1 is 1.19 bits per heavy atom. The van der Waals surface area contributed by atoms with E-state index >= 15 is 0 Å². The van der Waals surface area contributed by atoms with Crippen LogP contribution in [0.4, 0.5) is 0 Å². The number of ether oxygens (including phenoxy) is 1. The second kappa shape index (κ2) is 5.45. The highest BCUT2D eigenvalue weighted by Gasteiger charge is 2.31. The van der Waals surface area contributed by atoms with E-state index in [1.54, 1.807) is 0 Å². The van der Waals surface area contributed by atoms with Crippen molar-refractivity contribution in [3.05, 3.63) is 0 Å². The summed E-state index contributed by atoms with van der Waals surface area (Å²) in [5.41, 5.74) is -0.630. The summed E-state index contributed by atoms with van der Waals surface area (Å²) in [6, 6.07) is 0.167. The first kappa shape index (κ1) is 12.3. The van der Waals surface area contributed by atoms with Crippen molar-refractivity contribution < 1.29 is 14.9 Å². The highest BCUT2D eigenvalue weighted by Crippen LogP contribution is 2.22. The van der Waals surface area contributed by atoms with Gasteiger partial charge in [-0.1, -0.05) is 12.8 Å². The van der Waals surface area contributed by atoms with E-state index in [1.165, 1.54) is 6.42 Å². The molecule has 2 aliphatic rings. The first-order chi connectivity index (χ1) is 7.70. The highest BCUT2D eigenvalue weighted by atomic mass is 16.5. The molecule has 0 aromatic carbocycles. The van der Waals surface area contributed by atoms with Crippen LogP contribution < -0.4 is 5.32 Å². The Hall–Kier alpha value is -0.160. The number of nitrogens with one attached hydrogen (secondary N) is 1. The molecule has 2 fully saturated rings. The fraction of sp³-hybridized carbons (Fsp3) is 1.00. The third kappa shape index (κ3) is 3.17. The first-order valence-corrected chi connectivity index (χ1v) is 6.41. The lowest BCUT2D eigenvalue weighted by Crippen LogP contribution is -2.51. The fourth-order valence-corrected chi connectivity index (χ4v) is 2.60. The van der Waals surface area contributed by atoms with Crippen LogP contribution >= 0.6 is 0 Å². The minimum atomic E-state index is -0.630. The maximum absolute atomic E-state index is 10.3. The third-order valence-corrected chi connectivity index (χ3v) is 3.85. The Morgan fingerprint density at radius 2 is 1.88 bits per heavy atom. The average molecular weight is 229 g/mol. The van der Waals surface area contributed by atoms with Gasteiger partial charge in [0.1, 0.15) is 0 Å². The van der Waals surface area contributed by atoms with Crippen molar-refractivity contribution in [1.29, 1.82) is 0 Å². The number of hydrogen-bond acceptors (Lipinski definition) is 4. The molecule has 0 bridgehead atoms. The van der Waals surface area contributed by atoms with Gasteiger partial charge in [-0.05, 0) is 12.8 Å². The van der Waals surface area contributed by atoms with Crippen molar-refractivity contribution in [2.75, 3.05) is 19.8 Å². The van der Waals surface area contributed by atoms with Crippen molar-refractivity contribution in [2.24, 2.45) is 0 Å². The largest absolute Gasteiger partial charge is 0.392 e. The van der Waals surface area contributed by atoms with Gasteiger partial charge in [0.05, 0.1) is 11.7 Å². The van der Waals surface area contributed by atoms with Crippen molar-refractivity contribution >= 4 is 0 Å². The Labute approximate surface area is 97.0 Å². The number of hydrogen-bond donors (Lipinski definition) is 3. The quantitative estimate of drug-likeness (QED) is 0.656. The van der Waals surface area contributed by atoms with E-state index in [0.717, 1.165) is 19.3 Å². The molecular weight excluding hydrogens is 206 g/mol. The number of rotatable bonds is 3. The highest BCUT2D eigenvalue weighted by molar-refractivity contribution is 4.88. The molecule has 3 N–H and O–H groups in total. The molecule has 0 amide bonds. The zero-order chi connectivity index (χ0) is 11.4. The van der Waals surface area contributed by atoms with Crippen molar-refractivity contribution in [1.82, 2.24) is 5.32 Å². The van der Waals surface area contributed by atoms with Crippen LogP contribution in [0.2, 0.25) is 0 Å². The van der Waals surface area contributed by atoms with Crippen LogP contribution in [0.3, 0.4) is 0 Å². The molecule has 0 radical (unpaired) electrons. The molecule has 1 aliphatic heterocycles. The molecule has 0 aromatic heterocycles. The summed E-state index contributed by atoms with van der Waals surface area (Å²) in [4.78, 5) is 0. The van der Waals surface area contributed by atoms with Crippen LogP contribution in [0.1, 0.15) is 38.5 Å². The maximum atomic E-state index is 10.3. The minimum Gasteiger partial charge on any atom is -0.392 e. The monoisotopic (exact) mass is 229 g/mol. The molecule has 4 heteroatoms. The summed E-state index contributed by atoms with van der Waals surface area (Å²) in [6.07, 6.45) is 5.36. The predicted octanol–water partition coefficient (Wildman–Crippen LogP) is 0.421. The molecule has 0 aromatic rings. The Bertz CT molecular complexity index is 216. The van der Waals surface area contributed by atoms with Gasteiger partial charge >= 0.3 is 0 Å². The molecule has 1 saturated carbocycles. The molecule has 4 nitrogen and oxygen atoms in total. The summed E-state index contributed by atoms with van der Waals surface area (Å²) in [5, 5.41) is 23.4.